The van der Waals surface area contributed by atoms with E-state index >= 15 is 0 Å². The zero-order valence-electron chi connectivity index (χ0n) is 19.8. The Morgan fingerprint density at radius 2 is 1.69 bits per heavy atom. The molecule has 3 aromatic rings. The minimum atomic E-state index is -0.312. The molecule has 2 aliphatic heterocycles. The second kappa shape index (κ2) is 9.88. The van der Waals surface area contributed by atoms with Gasteiger partial charge in [0.2, 0.25) is 5.91 Å². The molecule has 1 saturated heterocycles. The summed E-state index contributed by atoms with van der Waals surface area (Å²) in [6.45, 7) is 2.22. The van der Waals surface area contributed by atoms with Crippen molar-refractivity contribution < 1.29 is 14.3 Å². The maximum Gasteiger partial charge on any atom is 0.274 e. The van der Waals surface area contributed by atoms with Crippen LogP contribution in [0.2, 0.25) is 0 Å². The summed E-state index contributed by atoms with van der Waals surface area (Å²) in [6.07, 6.45) is 1.34. The molecule has 35 heavy (non-hydrogen) atoms. The van der Waals surface area contributed by atoms with Crippen LogP contribution in [0.25, 0.3) is 11.1 Å². The van der Waals surface area contributed by atoms with Crippen LogP contribution in [0.3, 0.4) is 0 Å². The highest BCUT2D eigenvalue weighted by atomic mass is 16.5. The number of ether oxygens (including phenoxy) is 1. The van der Waals surface area contributed by atoms with Gasteiger partial charge >= 0.3 is 0 Å². The smallest absolute Gasteiger partial charge is 0.274 e. The van der Waals surface area contributed by atoms with E-state index in [9.17, 15) is 14.4 Å². The van der Waals surface area contributed by atoms with E-state index in [1.165, 1.54) is 0 Å². The van der Waals surface area contributed by atoms with Crippen LogP contribution in [-0.2, 0) is 16.1 Å². The number of nitrogens with zero attached hydrogens (tertiary/aromatic N) is 2. The monoisotopic (exact) mass is 471 g/mol. The molecule has 7 nitrogen and oxygen atoms in total. The second-order valence-corrected chi connectivity index (χ2v) is 9.33. The summed E-state index contributed by atoms with van der Waals surface area (Å²) < 4.78 is 6.83. The van der Waals surface area contributed by atoms with Crippen molar-refractivity contribution in [3.63, 3.8) is 0 Å². The van der Waals surface area contributed by atoms with E-state index < -0.39 is 0 Å². The lowest BCUT2D eigenvalue weighted by Crippen LogP contribution is -2.49. The van der Waals surface area contributed by atoms with E-state index in [4.69, 9.17) is 4.74 Å². The van der Waals surface area contributed by atoms with Crippen molar-refractivity contribution in [2.45, 2.75) is 25.3 Å². The van der Waals surface area contributed by atoms with Crippen LogP contribution in [0.4, 0.5) is 5.69 Å². The number of pyridine rings is 1. The van der Waals surface area contributed by atoms with Gasteiger partial charge in [-0.05, 0) is 47.7 Å². The van der Waals surface area contributed by atoms with E-state index in [2.05, 4.69) is 5.32 Å². The van der Waals surface area contributed by atoms with Gasteiger partial charge in [0.25, 0.3) is 11.5 Å². The number of methoxy groups -OCH3 is 1. The van der Waals surface area contributed by atoms with E-state index in [1.54, 1.807) is 29.9 Å². The molecule has 0 saturated carbocycles. The lowest BCUT2D eigenvalue weighted by molar-refractivity contribution is -0.134. The molecule has 0 radical (unpaired) electrons. The van der Waals surface area contributed by atoms with Crippen LogP contribution in [0, 0.1) is 5.92 Å². The van der Waals surface area contributed by atoms with Crippen LogP contribution in [0.1, 0.15) is 34.8 Å². The molecule has 2 amide bonds. The molecule has 2 aliphatic rings. The van der Waals surface area contributed by atoms with Crippen molar-refractivity contribution in [2.75, 3.05) is 32.1 Å². The predicted octanol–water partition coefficient (Wildman–Crippen LogP) is 3.75. The van der Waals surface area contributed by atoms with Crippen LogP contribution in [0.5, 0.6) is 0 Å². The number of hydrogen-bond acceptors (Lipinski definition) is 4. The third-order valence-corrected chi connectivity index (χ3v) is 6.98. The SMILES string of the molecule is COCCC(=O)N1C[C@@H]2C[C@@H](C1)c1ccc(NC(=O)c3ccc(-c4ccccc4)cc3)c(=O)n1C2. The first-order chi connectivity index (χ1) is 17.0. The van der Waals surface area contributed by atoms with Gasteiger partial charge in [-0.15, -0.1) is 0 Å². The molecular formula is C28H29N3O4. The number of piperidine rings is 1. The van der Waals surface area contributed by atoms with E-state index in [0.717, 1.165) is 23.2 Å². The Morgan fingerprint density at radius 3 is 2.43 bits per heavy atom. The largest absolute Gasteiger partial charge is 0.384 e. The zero-order chi connectivity index (χ0) is 24.4. The zero-order valence-corrected chi connectivity index (χ0v) is 19.8. The number of aromatic nitrogens is 1. The molecular weight excluding hydrogens is 442 g/mol. The Balaban J connectivity index is 1.31. The molecule has 2 atom stereocenters. The first-order valence-electron chi connectivity index (χ1n) is 12.0. The normalized spacial score (nSPS) is 18.6. The van der Waals surface area contributed by atoms with Gasteiger partial charge in [-0.3, -0.25) is 14.4 Å². The number of rotatable bonds is 6. The van der Waals surface area contributed by atoms with Crippen LogP contribution in [0.15, 0.2) is 71.5 Å². The fraction of sp³-hybridized carbons (Fsp3) is 0.321. The summed E-state index contributed by atoms with van der Waals surface area (Å²) >= 11 is 0. The molecule has 7 heteroatoms. The van der Waals surface area contributed by atoms with Gasteiger partial charge < -0.3 is 19.5 Å². The van der Waals surface area contributed by atoms with E-state index in [-0.39, 0.29) is 34.9 Å². The van der Waals surface area contributed by atoms with Crippen molar-refractivity contribution in [1.82, 2.24) is 9.47 Å². The summed E-state index contributed by atoms with van der Waals surface area (Å²) in [5, 5.41) is 2.80. The van der Waals surface area contributed by atoms with Gasteiger partial charge in [0.15, 0.2) is 0 Å². The molecule has 180 valence electrons. The molecule has 1 N–H and O–H groups in total. The van der Waals surface area contributed by atoms with Gasteiger partial charge in [-0.1, -0.05) is 42.5 Å². The highest BCUT2D eigenvalue weighted by Crippen LogP contribution is 2.35. The van der Waals surface area contributed by atoms with Gasteiger partial charge in [0.05, 0.1) is 13.0 Å². The fourth-order valence-corrected chi connectivity index (χ4v) is 5.23. The van der Waals surface area contributed by atoms with Crippen LogP contribution < -0.4 is 10.9 Å². The quantitative estimate of drug-likeness (QED) is 0.594. The molecule has 0 unspecified atom stereocenters. The third-order valence-electron chi connectivity index (χ3n) is 6.98. The Hall–Kier alpha value is -3.71. The molecule has 5 rings (SSSR count). The molecule has 0 spiro atoms. The van der Waals surface area contributed by atoms with E-state index in [0.29, 0.717) is 38.2 Å². The highest BCUT2D eigenvalue weighted by molar-refractivity contribution is 6.04. The van der Waals surface area contributed by atoms with Crippen molar-refractivity contribution in [3.05, 3.63) is 88.3 Å². The Morgan fingerprint density at radius 1 is 0.943 bits per heavy atom. The second-order valence-electron chi connectivity index (χ2n) is 9.33. The number of amides is 2. The maximum absolute atomic E-state index is 13.3. The molecule has 1 aromatic heterocycles. The van der Waals surface area contributed by atoms with Crippen LogP contribution in [-0.4, -0.2) is 48.1 Å². The molecule has 0 aliphatic carbocycles. The standard InChI is InChI=1S/C28H29N3O4/c1-35-14-13-26(32)30-16-19-15-23(18-30)25-12-11-24(28(34)31(25)17-19)29-27(33)22-9-7-21(8-10-22)20-5-3-2-4-6-20/h2-12,19,23H,13-18H2,1H3,(H,29,33)/t19-,23-/m0/s1. The molecule has 2 aromatic carbocycles. The first kappa shape index (κ1) is 23.1. The van der Waals surface area contributed by atoms with Gasteiger partial charge in [-0.25, -0.2) is 0 Å². The fourth-order valence-electron chi connectivity index (χ4n) is 5.23. The number of benzene rings is 2. The number of anilines is 1. The molecule has 2 bridgehead atoms. The number of carbonyl (C=O) groups excluding carboxylic acids is 2. The maximum atomic E-state index is 13.3. The number of carbonyl (C=O) groups is 2. The van der Waals surface area contributed by atoms with Gasteiger partial charge in [0.1, 0.15) is 5.69 Å². The average Bonchev–Trinajstić information content (AvgIpc) is 2.89. The summed E-state index contributed by atoms with van der Waals surface area (Å²) in [4.78, 5) is 40.5. The van der Waals surface area contributed by atoms with Gasteiger partial charge in [-0.2, -0.15) is 0 Å². The molecule has 3 heterocycles. The van der Waals surface area contributed by atoms with Crippen molar-refractivity contribution in [3.8, 4) is 11.1 Å². The predicted molar refractivity (Wildman–Crippen MR) is 134 cm³/mol. The van der Waals surface area contributed by atoms with Crippen LogP contribution >= 0.6 is 0 Å². The van der Waals surface area contributed by atoms with Gasteiger partial charge in [0, 0.05) is 43.9 Å². The summed E-state index contributed by atoms with van der Waals surface area (Å²) in [5.74, 6) is 0.131. The lowest BCUT2D eigenvalue weighted by atomic mass is 9.83. The third kappa shape index (κ3) is 4.77. The lowest BCUT2D eigenvalue weighted by Gasteiger charge is -2.43. The van der Waals surface area contributed by atoms with E-state index in [1.807, 2.05) is 53.4 Å². The average molecular weight is 472 g/mol. The highest BCUT2D eigenvalue weighted by Gasteiger charge is 2.36. The number of fused-ring (bicyclic) bond motifs is 4. The first-order valence-corrected chi connectivity index (χ1v) is 12.0. The van der Waals surface area contributed by atoms with Crippen molar-refractivity contribution >= 4 is 17.5 Å². The molecule has 1 fully saturated rings. The minimum absolute atomic E-state index is 0.0968. The van der Waals surface area contributed by atoms with Crippen molar-refractivity contribution in [1.29, 1.82) is 0 Å². The summed E-state index contributed by atoms with van der Waals surface area (Å²) in [6, 6.07) is 20.9. The number of hydrogen-bond donors (Lipinski definition) is 1. The summed E-state index contributed by atoms with van der Waals surface area (Å²) in [5.41, 5.74) is 3.62. The Labute approximate surface area is 204 Å². The number of likely N-dealkylation sites (tertiary alicyclic amines) is 1. The summed E-state index contributed by atoms with van der Waals surface area (Å²) in [7, 11) is 1.59. The minimum Gasteiger partial charge on any atom is -0.384 e. The topological polar surface area (TPSA) is 80.6 Å². The van der Waals surface area contributed by atoms with Crippen molar-refractivity contribution in [2.24, 2.45) is 5.92 Å². The number of nitrogens with one attached hydrogen (secondary N) is 1. The Kier molecular flexibility index (Phi) is 6.51. The Bertz CT molecular complexity index is 1280.